The first-order valence-electron chi connectivity index (χ1n) is 0. The maximum atomic E-state index is 0. The Labute approximate surface area is 135 Å². The van der Waals surface area contributed by atoms with Gasteiger partial charge >= 0.3 is 100 Å². The Morgan fingerprint density at radius 2 is 1.20 bits per heavy atom. The Balaban J connectivity index is 0. The first-order chi connectivity index (χ1) is 0. The average molecular weight is 416 g/mol. The molecule has 0 atom stereocenters. The smallest absolute Gasteiger partial charge is 2.00 e. The van der Waals surface area contributed by atoms with Crippen molar-refractivity contribution in [2.75, 3.05) is 0 Å². The summed E-state index contributed by atoms with van der Waals surface area (Å²) in [5, 5.41) is 0. The third-order valence-electron chi connectivity index (χ3n) is 0. The minimum atomic E-state index is 0. The molecule has 0 aliphatic rings. The molecule has 0 unspecified atom stereocenters. The van der Waals surface area contributed by atoms with Crippen LogP contribution in [0.15, 0.2) is 0 Å². The third kappa shape index (κ3) is 17.9. The molecule has 0 saturated carbocycles. The maximum absolute atomic E-state index is 0. The van der Waals surface area contributed by atoms with Gasteiger partial charge in [0, 0.05) is 27.3 Å². The van der Waals surface area contributed by atoms with Crippen LogP contribution >= 0.6 is 0 Å². The Hall–Kier alpha value is 4.14. The summed E-state index contributed by atoms with van der Waals surface area (Å²) >= 11 is 0. The topological polar surface area (TPSA) is 28.5 Å². The van der Waals surface area contributed by atoms with Gasteiger partial charge in [-0.2, -0.15) is 0 Å². The minimum Gasteiger partial charge on any atom is -2.00 e. The van der Waals surface area contributed by atoms with E-state index in [4.69, 9.17) is 0 Å². The van der Waals surface area contributed by atoms with E-state index in [-0.39, 0.29) is 139 Å². The van der Waals surface area contributed by atoms with E-state index in [9.17, 15) is 0 Å². The molecule has 28 valence electrons. The molecule has 0 aromatic rings. The molecule has 5 heteroatoms. The molecule has 0 aromatic carbocycles. The third-order valence-corrected chi connectivity index (χ3v) is 0. The molecule has 0 N–H and O–H groups in total. The van der Waals surface area contributed by atoms with Crippen LogP contribution in [0.3, 0.4) is 0 Å². The molecule has 0 aliphatic heterocycles. The van der Waals surface area contributed by atoms with E-state index < -0.39 is 0 Å². The van der Waals surface area contributed by atoms with E-state index in [1.165, 1.54) is 0 Å². The second kappa shape index (κ2) is 24.2. The summed E-state index contributed by atoms with van der Waals surface area (Å²) in [6.07, 6.45) is 0. The zero-order valence-electron chi connectivity index (χ0n) is 6.70. The molecular formula is H4CaCuOSrTl. The minimum absolute atomic E-state index is 0. The van der Waals surface area contributed by atoms with Crippen molar-refractivity contribution in [3.63, 3.8) is 0 Å². The Morgan fingerprint density at radius 1 is 1.20 bits per heavy atom. The number of rotatable bonds is 0. The molecule has 0 rings (SSSR count). The van der Waals surface area contributed by atoms with E-state index in [1.54, 1.807) is 0 Å². The molecule has 0 spiro atoms. The van der Waals surface area contributed by atoms with Gasteiger partial charge in [-0.05, 0) is 0 Å². The quantitative estimate of drug-likeness (QED) is 0.463. The fourth-order valence-electron chi connectivity index (χ4n) is 0. The van der Waals surface area contributed by atoms with Crippen LogP contribution in [0.5, 0.6) is 0 Å². The Kier molecular flexibility index (Phi) is 171. The van der Waals surface area contributed by atoms with Crippen LogP contribution in [-0.2, 0) is 22.5 Å². The first-order valence-corrected chi connectivity index (χ1v) is 0. The second-order valence-corrected chi connectivity index (χ2v) is 0. The molecule has 0 aromatic heterocycles. The SMILES string of the molecule is [Ca+2].[Cu+2].[H-].[H-].[H-].[H-].[O-2].[Sr+2].[Tl]. The molecule has 0 bridgehead atoms. The van der Waals surface area contributed by atoms with Gasteiger partial charge in [-0.25, -0.2) is 0 Å². The van der Waals surface area contributed by atoms with Gasteiger partial charge in [0.2, 0.25) is 0 Å². The van der Waals surface area contributed by atoms with Crippen molar-refractivity contribution in [1.82, 2.24) is 0 Å². The van der Waals surface area contributed by atoms with Gasteiger partial charge in [-0.15, -0.1) is 0 Å². The van der Waals surface area contributed by atoms with E-state index in [0.717, 1.165) is 0 Å². The standard InChI is InChI=1S/Ca.Cu.O.Sr.Tl.4H/q2*+2;-2;+2;;4*-1. The van der Waals surface area contributed by atoms with Gasteiger partial charge in [-0.3, -0.25) is 0 Å². The molecule has 0 aliphatic carbocycles. The molecular weight excluding hydrogens is 412 g/mol. The van der Waals surface area contributed by atoms with Gasteiger partial charge in [0.1, 0.15) is 0 Å². The molecule has 0 heterocycles. The van der Waals surface area contributed by atoms with Crippen molar-refractivity contribution >= 4 is 111 Å². The van der Waals surface area contributed by atoms with E-state index in [0.29, 0.717) is 0 Å². The summed E-state index contributed by atoms with van der Waals surface area (Å²) in [6, 6.07) is 0. The zero-order chi connectivity index (χ0) is 0. The second-order valence-electron chi connectivity index (χ2n) is 0. The average Bonchev–Trinajstić information content (AvgIpc) is 0. The fourth-order valence-corrected chi connectivity index (χ4v) is 0. The molecule has 5 heavy (non-hydrogen) atoms. The predicted molar refractivity (Wildman–Crippen MR) is 22.4 cm³/mol. The summed E-state index contributed by atoms with van der Waals surface area (Å²) in [5.74, 6) is 0. The van der Waals surface area contributed by atoms with Gasteiger partial charge in [-0.1, -0.05) is 0 Å². The monoisotopic (exact) mass is 416 g/mol. The number of hydrogen-bond acceptors (Lipinski definition) is 0. The Morgan fingerprint density at radius 3 is 1.20 bits per heavy atom. The Bertz CT molecular complexity index is 20.5. The summed E-state index contributed by atoms with van der Waals surface area (Å²) in [6.45, 7) is 0. The van der Waals surface area contributed by atoms with Gasteiger partial charge in [0.15, 0.2) is 0 Å². The summed E-state index contributed by atoms with van der Waals surface area (Å²) in [5.41, 5.74) is 0. The fraction of sp³-hybridized carbons (Fsp3) is 0. The zero-order valence-corrected chi connectivity index (χ0v) is 13.8. The summed E-state index contributed by atoms with van der Waals surface area (Å²) < 4.78 is 0. The van der Waals surface area contributed by atoms with Crippen LogP contribution < -0.4 is 0 Å². The first kappa shape index (κ1) is 35.3. The van der Waals surface area contributed by atoms with Crippen molar-refractivity contribution in [2.24, 2.45) is 0 Å². The van der Waals surface area contributed by atoms with E-state index in [2.05, 4.69) is 0 Å². The van der Waals surface area contributed by atoms with Crippen molar-refractivity contribution in [3.05, 3.63) is 0 Å². The van der Waals surface area contributed by atoms with Gasteiger partial charge < -0.3 is 11.2 Å². The van der Waals surface area contributed by atoms with Crippen LogP contribution in [0.2, 0.25) is 0 Å². The molecule has 1 nitrogen and oxygen atoms in total. The summed E-state index contributed by atoms with van der Waals surface area (Å²) in [7, 11) is 0. The van der Waals surface area contributed by atoms with Crippen LogP contribution in [0, 0.1) is 0 Å². The van der Waals surface area contributed by atoms with Crippen LogP contribution in [0.1, 0.15) is 5.71 Å². The molecule has 0 amide bonds. The van der Waals surface area contributed by atoms with E-state index >= 15 is 0 Å². The largest absolute Gasteiger partial charge is 2.00 e. The predicted octanol–water partition coefficient (Wildman–Crippen LogP) is -0.814. The molecule has 0 saturated heterocycles. The van der Waals surface area contributed by atoms with Crippen molar-refractivity contribution in [3.8, 4) is 0 Å². The van der Waals surface area contributed by atoms with Gasteiger partial charge in [0.25, 0.3) is 0 Å². The normalized spacial score (nSPS) is 0. The van der Waals surface area contributed by atoms with Crippen molar-refractivity contribution < 1.29 is 28.3 Å². The van der Waals surface area contributed by atoms with Crippen LogP contribution in [0.4, 0.5) is 0 Å². The number of hydrogen-bond donors (Lipinski definition) is 0. The van der Waals surface area contributed by atoms with Crippen molar-refractivity contribution in [2.45, 2.75) is 0 Å². The maximum Gasteiger partial charge on any atom is 2.00 e. The van der Waals surface area contributed by atoms with Crippen LogP contribution in [0.25, 0.3) is 0 Å². The summed E-state index contributed by atoms with van der Waals surface area (Å²) in [4.78, 5) is 0. The van der Waals surface area contributed by atoms with Crippen molar-refractivity contribution in [1.29, 1.82) is 0 Å². The van der Waals surface area contributed by atoms with E-state index in [1.807, 2.05) is 0 Å². The van der Waals surface area contributed by atoms with Crippen LogP contribution in [-0.4, -0.2) is 111 Å². The van der Waals surface area contributed by atoms with Gasteiger partial charge in [0.05, 0.1) is 0 Å². The molecule has 0 fully saturated rings. The molecule has 2 radical (unpaired) electrons.